The van der Waals surface area contributed by atoms with E-state index >= 15 is 0 Å². The van der Waals surface area contributed by atoms with Crippen molar-refractivity contribution < 1.29 is 9.53 Å². The first-order valence-corrected chi connectivity index (χ1v) is 11.7. The Labute approximate surface area is 185 Å². The molecule has 0 aliphatic carbocycles. The second kappa shape index (κ2) is 7.17. The van der Waals surface area contributed by atoms with Crippen molar-refractivity contribution in [3.05, 3.63) is 102 Å². The quantitative estimate of drug-likeness (QED) is 0.230. The molecule has 0 radical (unpaired) electrons. The van der Waals surface area contributed by atoms with E-state index in [2.05, 4.69) is 78.3 Å². The molecule has 3 unspecified atom stereocenters. The summed E-state index contributed by atoms with van der Waals surface area (Å²) >= 11 is 1.72. The van der Waals surface area contributed by atoms with Crippen molar-refractivity contribution >= 4 is 34.2 Å². The number of fused-ring (bicyclic) bond motifs is 7. The lowest BCUT2D eigenvalue weighted by molar-refractivity contribution is -0.141. The van der Waals surface area contributed by atoms with E-state index in [-0.39, 0.29) is 23.8 Å². The summed E-state index contributed by atoms with van der Waals surface area (Å²) in [5.41, 5.74) is 4.45. The van der Waals surface area contributed by atoms with Crippen molar-refractivity contribution in [3.63, 3.8) is 0 Å². The van der Waals surface area contributed by atoms with Crippen molar-refractivity contribution in [1.29, 1.82) is 0 Å². The molecule has 0 saturated carbocycles. The summed E-state index contributed by atoms with van der Waals surface area (Å²) in [5, 5.41) is 6.06. The minimum absolute atomic E-state index is 0.0648. The van der Waals surface area contributed by atoms with E-state index < -0.39 is 0 Å². The highest BCUT2D eigenvalue weighted by Crippen LogP contribution is 2.54. The van der Waals surface area contributed by atoms with E-state index in [1.165, 1.54) is 21.2 Å². The molecule has 4 heteroatoms. The van der Waals surface area contributed by atoms with Crippen LogP contribution in [-0.2, 0) is 4.79 Å². The van der Waals surface area contributed by atoms with Gasteiger partial charge in [0.25, 0.3) is 0 Å². The first-order chi connectivity index (χ1) is 15.2. The van der Waals surface area contributed by atoms with Crippen LogP contribution in [0.4, 0.5) is 5.69 Å². The summed E-state index contributed by atoms with van der Waals surface area (Å²) in [7, 11) is 0. The van der Waals surface area contributed by atoms with Crippen LogP contribution >= 0.6 is 11.8 Å². The van der Waals surface area contributed by atoms with Gasteiger partial charge in [-0.2, -0.15) is 0 Å². The molecule has 2 aliphatic rings. The van der Waals surface area contributed by atoms with Gasteiger partial charge in [-0.25, -0.2) is 0 Å². The Morgan fingerprint density at radius 2 is 1.65 bits per heavy atom. The molecular weight excluding hydrogens is 402 g/mol. The molecule has 1 N–H and O–H groups in total. The summed E-state index contributed by atoms with van der Waals surface area (Å²) in [6.45, 7) is 0. The fourth-order valence-electron chi connectivity index (χ4n) is 5.12. The number of carbonyl (C=O) groups excluding carboxylic acids is 1. The normalized spacial score (nSPS) is 21.5. The Morgan fingerprint density at radius 3 is 2.48 bits per heavy atom. The predicted molar refractivity (Wildman–Crippen MR) is 126 cm³/mol. The Balaban J connectivity index is 1.61. The van der Waals surface area contributed by atoms with Gasteiger partial charge in [0.15, 0.2) is 0 Å². The zero-order valence-corrected chi connectivity index (χ0v) is 17.9. The van der Waals surface area contributed by atoms with Crippen LogP contribution in [-0.4, -0.2) is 12.2 Å². The molecule has 0 saturated heterocycles. The van der Waals surface area contributed by atoms with Crippen LogP contribution in [0.3, 0.4) is 0 Å². The molecule has 0 spiro atoms. The Bertz CT molecular complexity index is 1310. The summed E-state index contributed by atoms with van der Waals surface area (Å²) in [4.78, 5) is 14.6. The highest BCUT2D eigenvalue weighted by atomic mass is 32.2. The summed E-state index contributed by atoms with van der Waals surface area (Å²) < 4.78 is 5.84. The van der Waals surface area contributed by atoms with Gasteiger partial charge in [0.1, 0.15) is 5.75 Å². The lowest BCUT2D eigenvalue weighted by atomic mass is 9.69. The summed E-state index contributed by atoms with van der Waals surface area (Å²) in [6.07, 6.45) is 2.07. The molecule has 0 bridgehead atoms. The highest BCUT2D eigenvalue weighted by Gasteiger charge is 2.48. The molecule has 4 aromatic rings. The maximum absolute atomic E-state index is 13.4. The molecule has 0 aromatic heterocycles. The number of para-hydroxylation sites is 1. The van der Waals surface area contributed by atoms with Gasteiger partial charge >= 0.3 is 5.97 Å². The van der Waals surface area contributed by atoms with E-state index in [1.807, 2.05) is 18.2 Å². The van der Waals surface area contributed by atoms with E-state index in [1.54, 1.807) is 11.8 Å². The molecule has 2 aliphatic heterocycles. The van der Waals surface area contributed by atoms with Crippen molar-refractivity contribution in [2.24, 2.45) is 5.92 Å². The van der Waals surface area contributed by atoms with Crippen molar-refractivity contribution in [1.82, 2.24) is 0 Å². The standard InChI is InChI=1S/C27H21NO2S/c1-31-18-13-10-17(11-14-18)26-25-24(20-8-4-5-9-22(20)30-27(25)29)23-19-7-3-2-6-16(19)12-15-21(23)28-26/h2-15,24-26,28H,1H3. The Morgan fingerprint density at radius 1 is 0.871 bits per heavy atom. The van der Waals surface area contributed by atoms with Crippen LogP contribution in [0.5, 0.6) is 5.75 Å². The zero-order chi connectivity index (χ0) is 20.9. The van der Waals surface area contributed by atoms with Crippen molar-refractivity contribution in [2.75, 3.05) is 11.6 Å². The second-order valence-corrected chi connectivity index (χ2v) is 8.99. The van der Waals surface area contributed by atoms with Crippen LogP contribution in [0.15, 0.2) is 89.8 Å². The van der Waals surface area contributed by atoms with Crippen LogP contribution < -0.4 is 10.1 Å². The SMILES string of the molecule is CSc1ccc(C2Nc3ccc4ccccc4c3C3c4ccccc4OC(=O)C23)cc1. The van der Waals surface area contributed by atoms with E-state index in [9.17, 15) is 4.79 Å². The molecule has 3 atom stereocenters. The monoisotopic (exact) mass is 423 g/mol. The number of hydrogen-bond donors (Lipinski definition) is 1. The molecule has 31 heavy (non-hydrogen) atoms. The molecular formula is C27H21NO2S. The van der Waals surface area contributed by atoms with Crippen molar-refractivity contribution in [2.45, 2.75) is 16.9 Å². The number of thioether (sulfide) groups is 1. The smallest absolute Gasteiger partial charge is 0.317 e. The molecule has 3 nitrogen and oxygen atoms in total. The maximum atomic E-state index is 13.4. The largest absolute Gasteiger partial charge is 0.426 e. The predicted octanol–water partition coefficient (Wildman–Crippen LogP) is 6.40. The lowest BCUT2D eigenvalue weighted by Crippen LogP contribution is -2.42. The number of hydrogen-bond acceptors (Lipinski definition) is 4. The minimum Gasteiger partial charge on any atom is -0.426 e. The lowest BCUT2D eigenvalue weighted by Gasteiger charge is -2.43. The molecule has 0 amide bonds. The van der Waals surface area contributed by atoms with Gasteiger partial charge in [-0.05, 0) is 52.4 Å². The first kappa shape index (κ1) is 18.5. The van der Waals surface area contributed by atoms with Crippen LogP contribution in [0, 0.1) is 5.92 Å². The number of carbonyl (C=O) groups is 1. The fourth-order valence-corrected chi connectivity index (χ4v) is 5.52. The Kier molecular flexibility index (Phi) is 4.29. The van der Waals surface area contributed by atoms with E-state index in [0.717, 1.165) is 16.8 Å². The summed E-state index contributed by atoms with van der Waals surface area (Å²) in [5.74, 6) is 0.0955. The average molecular weight is 424 g/mol. The van der Waals surface area contributed by atoms with Gasteiger partial charge in [-0.3, -0.25) is 4.79 Å². The van der Waals surface area contributed by atoms with Crippen LogP contribution in [0.25, 0.3) is 10.8 Å². The number of esters is 1. The third-order valence-corrected chi connectivity index (χ3v) is 7.27. The number of anilines is 1. The van der Waals surface area contributed by atoms with Gasteiger partial charge in [0.05, 0.1) is 12.0 Å². The van der Waals surface area contributed by atoms with E-state index in [0.29, 0.717) is 5.75 Å². The van der Waals surface area contributed by atoms with Gasteiger partial charge in [-0.1, -0.05) is 60.7 Å². The Hall–Kier alpha value is -3.24. The number of ether oxygens (including phenoxy) is 1. The van der Waals surface area contributed by atoms with Gasteiger partial charge in [-0.15, -0.1) is 11.8 Å². The van der Waals surface area contributed by atoms with Gasteiger partial charge in [0, 0.05) is 22.1 Å². The molecule has 6 rings (SSSR count). The summed E-state index contributed by atoms with van der Waals surface area (Å²) in [6, 6.07) is 29.0. The van der Waals surface area contributed by atoms with Crippen molar-refractivity contribution in [3.8, 4) is 5.75 Å². The number of rotatable bonds is 2. The maximum Gasteiger partial charge on any atom is 0.317 e. The van der Waals surface area contributed by atoms with Gasteiger partial charge < -0.3 is 10.1 Å². The fraction of sp³-hybridized carbons (Fsp3) is 0.148. The molecule has 0 fully saturated rings. The third kappa shape index (κ3) is 2.86. The highest BCUT2D eigenvalue weighted by molar-refractivity contribution is 7.98. The van der Waals surface area contributed by atoms with E-state index in [4.69, 9.17) is 4.74 Å². The first-order valence-electron chi connectivity index (χ1n) is 10.5. The molecule has 4 aromatic carbocycles. The second-order valence-electron chi connectivity index (χ2n) is 8.11. The van der Waals surface area contributed by atoms with Gasteiger partial charge in [0.2, 0.25) is 0 Å². The molecule has 152 valence electrons. The zero-order valence-electron chi connectivity index (χ0n) is 17.0. The average Bonchev–Trinajstić information content (AvgIpc) is 2.83. The third-order valence-electron chi connectivity index (χ3n) is 6.52. The van der Waals surface area contributed by atoms with Crippen LogP contribution in [0.1, 0.15) is 28.7 Å². The number of nitrogens with one attached hydrogen (secondary N) is 1. The topological polar surface area (TPSA) is 38.3 Å². The molecule has 2 heterocycles. The van der Waals surface area contributed by atoms with Crippen LogP contribution in [0.2, 0.25) is 0 Å². The number of benzene rings is 4. The minimum atomic E-state index is -0.340.